The highest BCUT2D eigenvalue weighted by Gasteiger charge is 2.52. The summed E-state index contributed by atoms with van der Waals surface area (Å²) in [7, 11) is 0.791. The molecular weight excluding hydrogens is 652 g/mol. The van der Waals surface area contributed by atoms with Gasteiger partial charge in [0.2, 0.25) is 0 Å². The molecule has 0 radical (unpaired) electrons. The summed E-state index contributed by atoms with van der Waals surface area (Å²) < 4.78 is 38.2. The van der Waals surface area contributed by atoms with Gasteiger partial charge in [-0.25, -0.2) is 14.2 Å². The lowest BCUT2D eigenvalue weighted by Crippen LogP contribution is -2.49. The molecule has 13 heteroatoms. The third-order valence-corrected chi connectivity index (χ3v) is 9.85. The van der Waals surface area contributed by atoms with Gasteiger partial charge in [-0.3, -0.25) is 4.79 Å². The van der Waals surface area contributed by atoms with Gasteiger partial charge in [0.05, 0.1) is 30.6 Å². The second-order valence-corrected chi connectivity index (χ2v) is 15.1. The van der Waals surface area contributed by atoms with Crippen molar-refractivity contribution in [1.82, 2.24) is 19.8 Å². The van der Waals surface area contributed by atoms with Gasteiger partial charge in [-0.1, -0.05) is 19.9 Å². The van der Waals surface area contributed by atoms with E-state index in [0.717, 1.165) is 27.6 Å². The highest BCUT2D eigenvalue weighted by atomic mass is 19.1. The smallest absolute Gasteiger partial charge is 0.493 e. The van der Waals surface area contributed by atoms with E-state index in [2.05, 4.69) is 16.0 Å². The van der Waals surface area contributed by atoms with Crippen LogP contribution in [0.1, 0.15) is 90.5 Å². The van der Waals surface area contributed by atoms with Crippen molar-refractivity contribution in [2.75, 3.05) is 51.3 Å². The number of H-pyrrole nitrogens is 1. The van der Waals surface area contributed by atoms with E-state index in [4.69, 9.17) is 18.8 Å². The number of aryl methyl sites for hydroxylation is 1. The molecule has 0 saturated carbocycles. The molecule has 5 heterocycles. The molecule has 6 rings (SSSR count). The Balaban J connectivity index is 0.00000248. The predicted octanol–water partition coefficient (Wildman–Crippen LogP) is 6.33. The van der Waals surface area contributed by atoms with E-state index in [1.165, 1.54) is 13.2 Å². The number of fused-ring (bicyclic) bond motifs is 1. The van der Waals surface area contributed by atoms with Gasteiger partial charge < -0.3 is 38.5 Å². The number of aromatic nitrogens is 2. The van der Waals surface area contributed by atoms with Crippen molar-refractivity contribution in [3.8, 4) is 5.75 Å². The number of aromatic amines is 1. The third-order valence-electron chi connectivity index (χ3n) is 9.85. The summed E-state index contributed by atoms with van der Waals surface area (Å²) in [6.45, 7) is 22.1. The zero-order valence-electron chi connectivity index (χ0n) is 32.0. The van der Waals surface area contributed by atoms with Crippen LogP contribution in [0.5, 0.6) is 5.75 Å². The maximum Gasteiger partial charge on any atom is 0.497 e. The van der Waals surface area contributed by atoms with Crippen molar-refractivity contribution >= 4 is 46.9 Å². The fourth-order valence-electron chi connectivity index (χ4n) is 6.38. The van der Waals surface area contributed by atoms with E-state index in [1.807, 2.05) is 90.3 Å². The van der Waals surface area contributed by atoms with E-state index < -0.39 is 29.7 Å². The van der Waals surface area contributed by atoms with Gasteiger partial charge in [0.15, 0.2) is 11.6 Å². The largest absolute Gasteiger partial charge is 0.497 e. The van der Waals surface area contributed by atoms with Crippen LogP contribution in [0.4, 0.5) is 15.0 Å². The summed E-state index contributed by atoms with van der Waals surface area (Å²) in [6, 6.07) is 7.15. The second kappa shape index (κ2) is 14.5. The van der Waals surface area contributed by atoms with Gasteiger partial charge in [-0.2, -0.15) is 0 Å². The highest BCUT2D eigenvalue weighted by molar-refractivity contribution is 6.65. The molecule has 51 heavy (non-hydrogen) atoms. The normalized spacial score (nSPS) is 18.7. The van der Waals surface area contributed by atoms with Crippen molar-refractivity contribution in [3.63, 3.8) is 0 Å². The molecule has 2 saturated heterocycles. The Morgan fingerprint density at radius 2 is 1.61 bits per heavy atom. The Labute approximate surface area is 301 Å². The predicted molar refractivity (Wildman–Crippen MR) is 199 cm³/mol. The Bertz CT molecular complexity index is 1790. The number of hydrogen-bond donors (Lipinski definition) is 1. The fourth-order valence-corrected chi connectivity index (χ4v) is 6.38. The van der Waals surface area contributed by atoms with E-state index in [1.54, 1.807) is 11.8 Å². The van der Waals surface area contributed by atoms with Crippen LogP contribution in [0.15, 0.2) is 30.3 Å². The summed E-state index contributed by atoms with van der Waals surface area (Å²) in [4.78, 5) is 40.6. The number of benzene rings is 1. The van der Waals surface area contributed by atoms with Gasteiger partial charge in [0.1, 0.15) is 11.4 Å². The zero-order chi connectivity index (χ0) is 37.5. The maximum absolute atomic E-state index is 14.2. The van der Waals surface area contributed by atoms with Crippen LogP contribution in [0.25, 0.3) is 16.5 Å². The lowest BCUT2D eigenvalue weighted by atomic mass is 9.77. The Kier molecular flexibility index (Phi) is 10.8. The Hall–Kier alpha value is -4.10. The number of halogens is 1. The first kappa shape index (κ1) is 38.1. The molecule has 3 aromatic rings. The third kappa shape index (κ3) is 7.89. The molecule has 0 atom stereocenters. The molecule has 2 amide bonds. The fraction of sp³-hybridized carbons (Fsp3) is 0.553. The van der Waals surface area contributed by atoms with E-state index in [0.29, 0.717) is 68.5 Å². The van der Waals surface area contributed by atoms with E-state index in [9.17, 15) is 14.0 Å². The van der Waals surface area contributed by atoms with Crippen LogP contribution in [-0.4, -0.2) is 102 Å². The van der Waals surface area contributed by atoms with Crippen LogP contribution >= 0.6 is 0 Å². The molecular formula is C38H53BFN5O6. The quantitative estimate of drug-likeness (QED) is 0.307. The first-order valence-electron chi connectivity index (χ1n) is 17.9. The number of ether oxygens (including phenoxy) is 2. The van der Waals surface area contributed by atoms with Crippen molar-refractivity contribution in [1.29, 1.82) is 0 Å². The number of methoxy groups -OCH3 is 1. The summed E-state index contributed by atoms with van der Waals surface area (Å²) in [5.74, 6) is 0.409. The molecule has 276 valence electrons. The van der Waals surface area contributed by atoms with Crippen LogP contribution in [0.2, 0.25) is 0 Å². The molecule has 0 unspecified atom stereocenters. The topological polar surface area (TPSA) is 109 Å². The number of nitrogens with zero attached hydrogens (tertiary/aromatic N) is 4. The number of hydrogen-bond acceptors (Lipinski definition) is 8. The van der Waals surface area contributed by atoms with Crippen LogP contribution in [0.3, 0.4) is 0 Å². The Morgan fingerprint density at radius 3 is 2.22 bits per heavy atom. The number of carbonyl (C=O) groups excluding carboxylic acids is 2. The van der Waals surface area contributed by atoms with Gasteiger partial charge >= 0.3 is 13.2 Å². The highest BCUT2D eigenvalue weighted by Crippen LogP contribution is 2.38. The molecule has 0 spiro atoms. The van der Waals surface area contributed by atoms with E-state index in [-0.39, 0.29) is 12.0 Å². The molecule has 2 fully saturated rings. The number of pyridine rings is 1. The zero-order valence-corrected chi connectivity index (χ0v) is 32.0. The van der Waals surface area contributed by atoms with Crippen molar-refractivity contribution in [2.45, 2.75) is 92.5 Å². The molecule has 3 aliphatic heterocycles. The van der Waals surface area contributed by atoms with Crippen molar-refractivity contribution in [2.24, 2.45) is 0 Å². The summed E-state index contributed by atoms with van der Waals surface area (Å²) in [6.07, 6.45) is 2.49. The average Bonchev–Trinajstić information content (AvgIpc) is 3.62. The van der Waals surface area contributed by atoms with Crippen LogP contribution in [0, 0.1) is 12.7 Å². The summed E-state index contributed by atoms with van der Waals surface area (Å²) in [5.41, 5.74) is 2.45. The van der Waals surface area contributed by atoms with Gasteiger partial charge in [0, 0.05) is 66.4 Å². The number of rotatable bonds is 5. The van der Waals surface area contributed by atoms with Gasteiger partial charge in [-0.05, 0) is 85.6 Å². The van der Waals surface area contributed by atoms with Gasteiger partial charge in [0.25, 0.3) is 5.91 Å². The number of carbonyl (C=O) groups is 2. The molecule has 1 aromatic carbocycles. The van der Waals surface area contributed by atoms with Gasteiger partial charge in [-0.15, -0.1) is 0 Å². The number of nitrogens with one attached hydrogen (secondary N) is 1. The average molecular weight is 706 g/mol. The summed E-state index contributed by atoms with van der Waals surface area (Å²) >= 11 is 0. The van der Waals surface area contributed by atoms with E-state index >= 15 is 0 Å². The number of amides is 2. The van der Waals surface area contributed by atoms with Crippen LogP contribution in [-0.2, 0) is 14.0 Å². The standard InChI is InChI=1S/C36H47BFN5O6.C2H6/c1-22-27(38)20-29(46-9)31(39-22)41-13-15-42(16-14-41)32(44)25-17-24-19-28(23-11-10-12-43(21-23)33(45)47-34(2,3)4)40-30(24)26(18-25)37-48-35(5,6)36(7,8)49-37;1-2/h11,17-20,40H,10,12-16,21H2,1-9H3;1-2H3. The lowest BCUT2D eigenvalue weighted by Gasteiger charge is -2.36. The van der Waals surface area contributed by atoms with Crippen molar-refractivity contribution in [3.05, 3.63) is 53.1 Å². The molecule has 3 aliphatic rings. The lowest BCUT2D eigenvalue weighted by molar-refractivity contribution is 0.00578. The molecule has 1 N–H and O–H groups in total. The molecule has 0 aliphatic carbocycles. The first-order valence-corrected chi connectivity index (χ1v) is 17.9. The minimum absolute atomic E-state index is 0.106. The molecule has 11 nitrogen and oxygen atoms in total. The summed E-state index contributed by atoms with van der Waals surface area (Å²) in [5, 5.41) is 0.843. The minimum Gasteiger partial charge on any atom is -0.493 e. The minimum atomic E-state index is -0.706. The number of anilines is 1. The second-order valence-electron chi connectivity index (χ2n) is 15.1. The molecule has 2 aromatic heterocycles. The maximum atomic E-state index is 14.2. The SMILES string of the molecule is CC.COc1cc(F)c(C)nc1N1CCN(C(=O)c2cc(B3OC(C)(C)C(C)(C)O3)c3[nH]c(C4=CCCN(C(=O)OC(C)(C)C)C4)cc3c2)CC1. The number of piperazine rings is 1. The monoisotopic (exact) mass is 705 g/mol. The van der Waals surface area contributed by atoms with Crippen molar-refractivity contribution < 1.29 is 32.8 Å². The first-order chi connectivity index (χ1) is 24.0. The molecule has 0 bridgehead atoms. The van der Waals surface area contributed by atoms with Crippen LogP contribution < -0.4 is 15.1 Å². The Morgan fingerprint density at radius 1 is 0.961 bits per heavy atom.